The average Bonchev–Trinajstić information content (AvgIpc) is 3.00. The molecule has 0 aliphatic heterocycles. The Kier molecular flexibility index (Phi) is 5.73. The predicted molar refractivity (Wildman–Crippen MR) is 105 cm³/mol. The first-order valence-electron chi connectivity index (χ1n) is 8.14. The van der Waals surface area contributed by atoms with E-state index in [1.165, 1.54) is 11.7 Å². The highest BCUT2D eigenvalue weighted by Crippen LogP contribution is 2.32. The third-order valence-corrected chi connectivity index (χ3v) is 4.95. The summed E-state index contributed by atoms with van der Waals surface area (Å²) >= 11 is 12.4. The molecule has 0 atom stereocenters. The molecule has 0 N–H and O–H groups in total. The Bertz CT molecular complexity index is 1030. The Morgan fingerprint density at radius 2 is 1.85 bits per heavy atom. The number of halogens is 2. The summed E-state index contributed by atoms with van der Waals surface area (Å²) < 4.78 is 11.6. The van der Waals surface area contributed by atoms with Crippen LogP contribution in [0.2, 0.25) is 5.02 Å². The van der Waals surface area contributed by atoms with Crippen molar-refractivity contribution < 1.29 is 19.1 Å². The zero-order valence-electron chi connectivity index (χ0n) is 14.8. The summed E-state index contributed by atoms with van der Waals surface area (Å²) in [5.74, 6) is -0.0903. The summed E-state index contributed by atoms with van der Waals surface area (Å²) in [6.45, 7) is 0. The maximum absolute atomic E-state index is 13.3. The summed E-state index contributed by atoms with van der Waals surface area (Å²) in [4.78, 5) is 25.2. The van der Waals surface area contributed by atoms with Gasteiger partial charge >= 0.3 is 5.97 Å². The molecule has 0 radical (unpaired) electrons. The summed E-state index contributed by atoms with van der Waals surface area (Å²) in [6.07, 6.45) is -0.00891. The lowest BCUT2D eigenvalue weighted by molar-refractivity contribution is -0.139. The molecule has 0 bridgehead atoms. The molecule has 2 aromatic carbocycles. The molecule has 3 rings (SSSR count). The molecule has 1 heterocycles. The SMILES string of the molecule is COC(=O)Cc1c(CCl)n(C(=O)c2ccccc2Cl)c2ccc(OC)cc12. The van der Waals surface area contributed by atoms with E-state index in [-0.39, 0.29) is 18.2 Å². The summed E-state index contributed by atoms with van der Waals surface area (Å²) in [5, 5.41) is 1.05. The van der Waals surface area contributed by atoms with E-state index in [0.29, 0.717) is 38.5 Å². The van der Waals surface area contributed by atoms with Gasteiger partial charge in [0.25, 0.3) is 5.91 Å². The highest BCUT2D eigenvalue weighted by molar-refractivity contribution is 6.34. The van der Waals surface area contributed by atoms with Crippen molar-refractivity contribution in [3.63, 3.8) is 0 Å². The lowest BCUT2D eigenvalue weighted by atomic mass is 10.1. The topological polar surface area (TPSA) is 57.5 Å². The highest BCUT2D eigenvalue weighted by atomic mass is 35.5. The minimum absolute atomic E-state index is 0.00891. The number of benzene rings is 2. The number of esters is 1. The molecule has 0 saturated carbocycles. The van der Waals surface area contributed by atoms with Gasteiger partial charge in [-0.3, -0.25) is 14.2 Å². The Labute approximate surface area is 166 Å². The molecule has 3 aromatic rings. The fourth-order valence-corrected chi connectivity index (χ4v) is 3.55. The van der Waals surface area contributed by atoms with Crippen LogP contribution in [-0.2, 0) is 21.8 Å². The first-order valence-corrected chi connectivity index (χ1v) is 9.05. The average molecular weight is 406 g/mol. The molecule has 27 heavy (non-hydrogen) atoms. The number of ether oxygens (including phenoxy) is 2. The van der Waals surface area contributed by atoms with Crippen LogP contribution in [0.3, 0.4) is 0 Å². The molecule has 140 valence electrons. The number of rotatable bonds is 5. The summed E-state index contributed by atoms with van der Waals surface area (Å²) in [6, 6.07) is 12.1. The van der Waals surface area contributed by atoms with Crippen LogP contribution in [0.4, 0.5) is 0 Å². The number of fused-ring (bicyclic) bond motifs is 1. The van der Waals surface area contributed by atoms with E-state index < -0.39 is 5.97 Å². The minimum atomic E-state index is -0.423. The molecule has 0 saturated heterocycles. The number of aromatic nitrogens is 1. The quantitative estimate of drug-likeness (QED) is 0.464. The third-order valence-electron chi connectivity index (χ3n) is 4.37. The number of methoxy groups -OCH3 is 2. The number of hydrogen-bond acceptors (Lipinski definition) is 4. The molecule has 0 aliphatic carbocycles. The molecule has 5 nitrogen and oxygen atoms in total. The van der Waals surface area contributed by atoms with Gasteiger partial charge in [0.1, 0.15) is 5.75 Å². The number of nitrogens with zero attached hydrogens (tertiary/aromatic N) is 1. The van der Waals surface area contributed by atoms with E-state index in [0.717, 1.165) is 0 Å². The van der Waals surface area contributed by atoms with Crippen LogP contribution in [0.5, 0.6) is 5.75 Å². The van der Waals surface area contributed by atoms with Crippen molar-refractivity contribution in [3.05, 3.63) is 64.3 Å². The van der Waals surface area contributed by atoms with E-state index in [9.17, 15) is 9.59 Å². The van der Waals surface area contributed by atoms with Crippen LogP contribution in [-0.4, -0.2) is 30.7 Å². The van der Waals surface area contributed by atoms with Gasteiger partial charge in [-0.2, -0.15) is 0 Å². The van der Waals surface area contributed by atoms with Gasteiger partial charge in [0, 0.05) is 11.1 Å². The molecule has 0 spiro atoms. The van der Waals surface area contributed by atoms with Gasteiger partial charge in [0.2, 0.25) is 0 Å². The maximum Gasteiger partial charge on any atom is 0.310 e. The standard InChI is InChI=1S/C20H17Cl2NO4/c1-26-12-7-8-17-14(9-12)15(10-19(24)27-2)18(11-21)23(17)20(25)13-5-3-4-6-16(13)22/h3-9H,10-11H2,1-2H3. The van der Waals surface area contributed by atoms with Crippen LogP contribution in [0.15, 0.2) is 42.5 Å². The largest absolute Gasteiger partial charge is 0.497 e. The van der Waals surface area contributed by atoms with E-state index in [1.54, 1.807) is 49.6 Å². The Morgan fingerprint density at radius 3 is 2.48 bits per heavy atom. The lowest BCUT2D eigenvalue weighted by Gasteiger charge is -2.10. The van der Waals surface area contributed by atoms with Crippen molar-refractivity contribution >= 4 is 46.0 Å². The zero-order valence-corrected chi connectivity index (χ0v) is 16.3. The predicted octanol–water partition coefficient (Wildman–Crippen LogP) is 4.45. The fourth-order valence-electron chi connectivity index (χ4n) is 3.06. The number of carbonyl (C=O) groups is 2. The zero-order chi connectivity index (χ0) is 19.6. The van der Waals surface area contributed by atoms with E-state index >= 15 is 0 Å². The van der Waals surface area contributed by atoms with Gasteiger partial charge in [-0.05, 0) is 35.9 Å². The lowest BCUT2D eigenvalue weighted by Crippen LogP contribution is -2.16. The second-order valence-corrected chi connectivity index (χ2v) is 6.49. The van der Waals surface area contributed by atoms with Gasteiger partial charge in [-0.15, -0.1) is 11.6 Å². The molecule has 0 fully saturated rings. The van der Waals surface area contributed by atoms with Gasteiger partial charge in [0.05, 0.1) is 42.6 Å². The molecule has 7 heteroatoms. The summed E-state index contributed by atoms with van der Waals surface area (Å²) in [5.41, 5.74) is 2.12. The van der Waals surface area contributed by atoms with Crippen LogP contribution < -0.4 is 4.74 Å². The van der Waals surface area contributed by atoms with Crippen molar-refractivity contribution in [2.75, 3.05) is 14.2 Å². The van der Waals surface area contributed by atoms with Crippen LogP contribution in [0.25, 0.3) is 10.9 Å². The van der Waals surface area contributed by atoms with E-state index in [4.69, 9.17) is 32.7 Å². The summed E-state index contributed by atoms with van der Waals surface area (Å²) in [7, 11) is 2.87. The van der Waals surface area contributed by atoms with Gasteiger partial charge < -0.3 is 9.47 Å². The van der Waals surface area contributed by atoms with Crippen molar-refractivity contribution in [2.45, 2.75) is 12.3 Å². The highest BCUT2D eigenvalue weighted by Gasteiger charge is 2.24. The number of carbonyl (C=O) groups excluding carboxylic acids is 2. The number of alkyl halides is 1. The number of hydrogen-bond donors (Lipinski definition) is 0. The van der Waals surface area contributed by atoms with Gasteiger partial charge in [0.15, 0.2) is 0 Å². The monoisotopic (exact) mass is 405 g/mol. The fraction of sp³-hybridized carbons (Fsp3) is 0.200. The molecule has 1 aromatic heterocycles. The Morgan fingerprint density at radius 1 is 1.11 bits per heavy atom. The maximum atomic E-state index is 13.3. The first-order chi connectivity index (χ1) is 13.0. The van der Waals surface area contributed by atoms with Crippen molar-refractivity contribution in [1.29, 1.82) is 0 Å². The Hall–Kier alpha value is -2.50. The van der Waals surface area contributed by atoms with Crippen molar-refractivity contribution in [3.8, 4) is 5.75 Å². The minimum Gasteiger partial charge on any atom is -0.497 e. The van der Waals surface area contributed by atoms with Gasteiger partial charge in [-0.1, -0.05) is 23.7 Å². The van der Waals surface area contributed by atoms with Crippen molar-refractivity contribution in [2.24, 2.45) is 0 Å². The second kappa shape index (κ2) is 8.03. The molecule has 0 aliphatic rings. The molecule has 0 amide bonds. The normalized spacial score (nSPS) is 10.8. The molecular formula is C20H17Cl2NO4. The smallest absolute Gasteiger partial charge is 0.310 e. The third kappa shape index (κ3) is 3.53. The van der Waals surface area contributed by atoms with Crippen LogP contribution in [0, 0.1) is 0 Å². The Balaban J connectivity index is 2.30. The van der Waals surface area contributed by atoms with Gasteiger partial charge in [-0.25, -0.2) is 0 Å². The molecular weight excluding hydrogens is 389 g/mol. The van der Waals surface area contributed by atoms with Crippen molar-refractivity contribution in [1.82, 2.24) is 4.57 Å². The van der Waals surface area contributed by atoms with Crippen LogP contribution >= 0.6 is 23.2 Å². The molecule has 0 unspecified atom stereocenters. The first kappa shape index (κ1) is 19.3. The van der Waals surface area contributed by atoms with Crippen LogP contribution in [0.1, 0.15) is 21.6 Å². The van der Waals surface area contributed by atoms with E-state index in [2.05, 4.69) is 0 Å². The second-order valence-electron chi connectivity index (χ2n) is 5.82. The van der Waals surface area contributed by atoms with E-state index in [1.807, 2.05) is 0 Å².